The molecular formula is C27H30FN7O3. The lowest BCUT2D eigenvalue weighted by Crippen LogP contribution is -2.44. The second kappa shape index (κ2) is 11.1. The van der Waals surface area contributed by atoms with Crippen molar-refractivity contribution < 1.29 is 19.0 Å². The fourth-order valence-corrected chi connectivity index (χ4v) is 4.72. The summed E-state index contributed by atoms with van der Waals surface area (Å²) in [5.41, 5.74) is 8.03. The van der Waals surface area contributed by atoms with Crippen LogP contribution in [0.1, 0.15) is 31.4 Å². The Morgan fingerprint density at radius 1 is 1.21 bits per heavy atom. The molecule has 0 saturated heterocycles. The van der Waals surface area contributed by atoms with Crippen LogP contribution in [0.5, 0.6) is 0 Å². The van der Waals surface area contributed by atoms with Crippen LogP contribution in [-0.2, 0) is 16.1 Å². The fourth-order valence-electron chi connectivity index (χ4n) is 4.72. The van der Waals surface area contributed by atoms with Crippen molar-refractivity contribution >= 4 is 34.2 Å². The molecule has 0 unspecified atom stereocenters. The van der Waals surface area contributed by atoms with Crippen molar-refractivity contribution in [2.75, 3.05) is 23.9 Å². The molecule has 1 aliphatic rings. The van der Waals surface area contributed by atoms with E-state index in [1.807, 2.05) is 17.0 Å². The maximum Gasteiger partial charge on any atom is 0.325 e. The van der Waals surface area contributed by atoms with E-state index >= 15 is 0 Å². The second-order valence-corrected chi connectivity index (χ2v) is 9.40. The molecule has 3 aromatic heterocycles. The number of anilines is 3. The molecule has 4 aromatic rings. The number of halogens is 1. The van der Waals surface area contributed by atoms with Crippen molar-refractivity contribution in [2.45, 2.75) is 44.4 Å². The van der Waals surface area contributed by atoms with Gasteiger partial charge in [0.15, 0.2) is 0 Å². The van der Waals surface area contributed by atoms with Crippen molar-refractivity contribution in [1.82, 2.24) is 19.7 Å². The van der Waals surface area contributed by atoms with E-state index in [9.17, 15) is 14.3 Å². The number of rotatable bonds is 8. The van der Waals surface area contributed by atoms with Crippen LogP contribution in [0.4, 0.5) is 21.7 Å². The number of nitrogens with one attached hydrogen (secondary N) is 1. The second-order valence-electron chi connectivity index (χ2n) is 9.40. The first-order valence-corrected chi connectivity index (χ1v) is 12.5. The predicted octanol–water partition coefficient (Wildman–Crippen LogP) is 3.44. The van der Waals surface area contributed by atoms with E-state index in [0.717, 1.165) is 31.1 Å². The summed E-state index contributed by atoms with van der Waals surface area (Å²) in [5, 5.41) is 17.2. The van der Waals surface area contributed by atoms with E-state index in [2.05, 4.69) is 15.4 Å². The van der Waals surface area contributed by atoms with Crippen LogP contribution in [0.3, 0.4) is 0 Å². The highest BCUT2D eigenvalue weighted by Crippen LogP contribution is 2.29. The Morgan fingerprint density at radius 3 is 2.74 bits per heavy atom. The summed E-state index contributed by atoms with van der Waals surface area (Å²) in [7, 11) is 1.38. The molecule has 38 heavy (non-hydrogen) atoms. The van der Waals surface area contributed by atoms with Gasteiger partial charge in [-0.2, -0.15) is 5.10 Å². The van der Waals surface area contributed by atoms with Gasteiger partial charge in [0.1, 0.15) is 24.0 Å². The molecule has 0 spiro atoms. The third-order valence-corrected chi connectivity index (χ3v) is 6.85. The van der Waals surface area contributed by atoms with Crippen molar-refractivity contribution in [3.05, 3.63) is 66.4 Å². The summed E-state index contributed by atoms with van der Waals surface area (Å²) in [5.74, 6) is 0.281. The zero-order chi connectivity index (χ0) is 26.6. The van der Waals surface area contributed by atoms with E-state index in [1.54, 1.807) is 36.7 Å². The minimum absolute atomic E-state index is 0.0959. The minimum Gasteiger partial charge on any atom is -0.468 e. The molecule has 198 valence electrons. The summed E-state index contributed by atoms with van der Waals surface area (Å²) in [6.45, 7) is -0.0908. The van der Waals surface area contributed by atoms with Crippen LogP contribution >= 0.6 is 0 Å². The van der Waals surface area contributed by atoms with Crippen molar-refractivity contribution in [3.63, 3.8) is 0 Å². The number of esters is 1. The van der Waals surface area contributed by atoms with Crippen LogP contribution in [0, 0.1) is 5.82 Å². The average molecular weight is 520 g/mol. The number of aliphatic hydroxyl groups excluding tert-OH is 1. The Bertz CT molecular complexity index is 1440. The molecule has 1 aliphatic carbocycles. The number of aliphatic hydroxyl groups is 1. The first-order valence-electron chi connectivity index (χ1n) is 12.5. The standard InChI is InChI=1S/C27H30FN7O3/c1-38-27(37)15-34(20-5-3-18(29)4-6-20)26-9-2-17-14-30-25(13-24(17)32-26)31-23-8-7-21(12-22(23)28)35-11-10-19(16-36)33-35/h2,7-14,18,20,36H,3-6,15-16,29H2,1H3,(H,30,31). The number of carbonyl (C=O) groups excluding carboxylic acids is 1. The lowest BCUT2D eigenvalue weighted by atomic mass is 9.90. The maximum atomic E-state index is 14.9. The Hall–Kier alpha value is -4.09. The van der Waals surface area contributed by atoms with Gasteiger partial charge in [0.2, 0.25) is 0 Å². The summed E-state index contributed by atoms with van der Waals surface area (Å²) in [4.78, 5) is 23.4. The fraction of sp³-hybridized carbons (Fsp3) is 0.333. The summed E-state index contributed by atoms with van der Waals surface area (Å²) < 4.78 is 21.4. The number of carbonyl (C=O) groups is 1. The van der Waals surface area contributed by atoms with Gasteiger partial charge < -0.3 is 25.8 Å². The SMILES string of the molecule is COC(=O)CN(c1ccc2cnc(Nc3ccc(-n4ccc(CO)n4)cc3F)cc2n1)C1CCC(N)CC1. The molecule has 0 bridgehead atoms. The highest BCUT2D eigenvalue weighted by Gasteiger charge is 2.27. The normalized spacial score (nSPS) is 17.4. The minimum atomic E-state index is -0.480. The lowest BCUT2D eigenvalue weighted by molar-refractivity contribution is -0.139. The van der Waals surface area contributed by atoms with Crippen LogP contribution in [-0.4, -0.2) is 56.6 Å². The van der Waals surface area contributed by atoms with E-state index in [0.29, 0.717) is 28.5 Å². The number of benzene rings is 1. The Labute approximate surface area is 219 Å². The topological polar surface area (TPSA) is 131 Å². The molecule has 5 rings (SSSR count). The summed E-state index contributed by atoms with van der Waals surface area (Å²) >= 11 is 0. The number of nitrogens with zero attached hydrogens (tertiary/aromatic N) is 5. The van der Waals surface area contributed by atoms with Crippen LogP contribution in [0.15, 0.2) is 54.9 Å². The van der Waals surface area contributed by atoms with Crippen molar-refractivity contribution in [2.24, 2.45) is 5.73 Å². The van der Waals surface area contributed by atoms with Gasteiger partial charge >= 0.3 is 5.97 Å². The van der Waals surface area contributed by atoms with Gasteiger partial charge in [-0.3, -0.25) is 4.79 Å². The number of hydrogen-bond acceptors (Lipinski definition) is 9. The highest BCUT2D eigenvalue weighted by molar-refractivity contribution is 5.83. The van der Waals surface area contributed by atoms with Gasteiger partial charge in [0.25, 0.3) is 0 Å². The third kappa shape index (κ3) is 5.58. The third-order valence-electron chi connectivity index (χ3n) is 6.85. The molecule has 0 atom stereocenters. The van der Waals surface area contributed by atoms with Crippen LogP contribution < -0.4 is 16.0 Å². The number of fused-ring (bicyclic) bond motifs is 1. The van der Waals surface area contributed by atoms with Gasteiger partial charge in [-0.15, -0.1) is 0 Å². The molecule has 0 radical (unpaired) electrons. The molecule has 0 aliphatic heterocycles. The quantitative estimate of drug-likeness (QED) is 0.300. The Balaban J connectivity index is 1.39. The highest BCUT2D eigenvalue weighted by atomic mass is 19.1. The zero-order valence-electron chi connectivity index (χ0n) is 21.0. The number of methoxy groups -OCH3 is 1. The van der Waals surface area contributed by atoms with Crippen LogP contribution in [0.25, 0.3) is 16.6 Å². The van der Waals surface area contributed by atoms with Gasteiger partial charge in [-0.05, 0) is 56.0 Å². The number of aromatic nitrogens is 4. The molecule has 1 aromatic carbocycles. The van der Waals surface area contributed by atoms with E-state index in [4.69, 9.17) is 15.5 Å². The Kier molecular flexibility index (Phi) is 7.47. The van der Waals surface area contributed by atoms with E-state index < -0.39 is 5.82 Å². The number of nitrogens with two attached hydrogens (primary N) is 1. The first kappa shape index (κ1) is 25.6. The monoisotopic (exact) mass is 519 g/mol. The maximum absolute atomic E-state index is 14.9. The molecule has 4 N–H and O–H groups in total. The number of pyridine rings is 2. The molecule has 10 nitrogen and oxygen atoms in total. The lowest BCUT2D eigenvalue weighted by Gasteiger charge is -2.36. The van der Waals surface area contributed by atoms with E-state index in [1.165, 1.54) is 17.9 Å². The molecule has 1 saturated carbocycles. The van der Waals surface area contributed by atoms with Gasteiger partial charge in [0, 0.05) is 42.0 Å². The molecule has 3 heterocycles. The molecular weight excluding hydrogens is 489 g/mol. The van der Waals surface area contributed by atoms with Crippen molar-refractivity contribution in [3.8, 4) is 5.69 Å². The smallest absolute Gasteiger partial charge is 0.325 e. The van der Waals surface area contributed by atoms with Gasteiger partial charge in [-0.1, -0.05) is 0 Å². The largest absolute Gasteiger partial charge is 0.468 e. The zero-order valence-corrected chi connectivity index (χ0v) is 21.0. The number of hydrogen-bond donors (Lipinski definition) is 3. The Morgan fingerprint density at radius 2 is 2.03 bits per heavy atom. The predicted molar refractivity (Wildman–Crippen MR) is 142 cm³/mol. The van der Waals surface area contributed by atoms with Gasteiger partial charge in [-0.25, -0.2) is 19.0 Å². The summed E-state index contributed by atoms with van der Waals surface area (Å²) in [6, 6.07) is 12.2. The molecule has 11 heteroatoms. The first-order chi connectivity index (χ1) is 18.4. The average Bonchev–Trinajstić information content (AvgIpc) is 3.42. The van der Waals surface area contributed by atoms with Crippen molar-refractivity contribution in [1.29, 1.82) is 0 Å². The van der Waals surface area contributed by atoms with E-state index in [-0.39, 0.29) is 36.9 Å². The molecule has 0 amide bonds. The van der Waals surface area contributed by atoms with Crippen LogP contribution in [0.2, 0.25) is 0 Å². The summed E-state index contributed by atoms with van der Waals surface area (Å²) in [6.07, 6.45) is 6.85. The number of ether oxygens (including phenoxy) is 1. The molecule has 1 fully saturated rings. The van der Waals surface area contributed by atoms with Gasteiger partial charge in [0.05, 0.1) is 36.3 Å².